The van der Waals surface area contributed by atoms with Gasteiger partial charge in [-0.15, -0.1) is 5.10 Å². The highest BCUT2D eigenvalue weighted by Gasteiger charge is 2.42. The zero-order valence-electron chi connectivity index (χ0n) is 14.5. The molecule has 0 spiro atoms. The number of hydrogen-bond donors (Lipinski definition) is 2. The number of hydrazone groups is 1. The van der Waals surface area contributed by atoms with Crippen molar-refractivity contribution < 1.29 is 9.53 Å². The number of amidine groups is 1. The lowest BCUT2D eigenvalue weighted by Crippen LogP contribution is -2.50. The number of thioether (sulfide) groups is 1. The quantitative estimate of drug-likeness (QED) is 0.623. The van der Waals surface area contributed by atoms with Crippen molar-refractivity contribution in [2.75, 3.05) is 18.7 Å². The number of fused-ring (bicyclic) bond motifs is 3. The summed E-state index contributed by atoms with van der Waals surface area (Å²) < 4.78 is 7.37. The molecule has 27 heavy (non-hydrogen) atoms. The van der Waals surface area contributed by atoms with Crippen molar-refractivity contribution >= 4 is 60.4 Å². The van der Waals surface area contributed by atoms with Crippen LogP contribution in [0.2, 0.25) is 0 Å². The van der Waals surface area contributed by atoms with Crippen LogP contribution in [0.5, 0.6) is 5.75 Å². The van der Waals surface area contributed by atoms with Crippen LogP contribution in [0.15, 0.2) is 50.4 Å². The van der Waals surface area contributed by atoms with Gasteiger partial charge in [-0.2, -0.15) is 0 Å². The maximum Gasteiger partial charge on any atom is 0.255 e. The Labute approximate surface area is 178 Å². The van der Waals surface area contributed by atoms with E-state index in [9.17, 15) is 4.79 Å². The number of methoxy groups -OCH3 is 1. The first-order chi connectivity index (χ1) is 13.0. The van der Waals surface area contributed by atoms with E-state index in [1.807, 2.05) is 47.7 Å². The van der Waals surface area contributed by atoms with Gasteiger partial charge in [0, 0.05) is 21.3 Å². The summed E-state index contributed by atoms with van der Waals surface area (Å²) in [5.74, 6) is 0.599. The van der Waals surface area contributed by atoms with Crippen LogP contribution in [-0.4, -0.2) is 29.4 Å². The average molecular weight is 512 g/mol. The van der Waals surface area contributed by atoms with Gasteiger partial charge in [0.05, 0.1) is 11.6 Å². The lowest BCUT2D eigenvalue weighted by atomic mass is 9.97. The molecule has 6 nitrogen and oxygen atoms in total. The molecule has 0 saturated carbocycles. The van der Waals surface area contributed by atoms with Crippen LogP contribution < -0.4 is 15.4 Å². The Bertz CT molecular complexity index is 953. The lowest BCUT2D eigenvalue weighted by Gasteiger charge is -2.44. The molecule has 4 rings (SSSR count). The Hall–Kier alpha value is -1.71. The van der Waals surface area contributed by atoms with Gasteiger partial charge in [-0.05, 0) is 40.4 Å². The third-order valence-electron chi connectivity index (χ3n) is 4.49. The van der Waals surface area contributed by atoms with E-state index >= 15 is 0 Å². The first kappa shape index (κ1) is 18.6. The molecule has 2 unspecified atom stereocenters. The highest BCUT2D eigenvalue weighted by molar-refractivity contribution is 9.11. The summed E-state index contributed by atoms with van der Waals surface area (Å²) in [6.45, 7) is 0. The van der Waals surface area contributed by atoms with Crippen LogP contribution in [0.25, 0.3) is 0 Å². The molecule has 140 valence electrons. The third-order valence-corrected chi connectivity index (χ3v) is 6.11. The minimum atomic E-state index is -0.522. The Kier molecular flexibility index (Phi) is 5.09. The van der Waals surface area contributed by atoms with Gasteiger partial charge in [0.25, 0.3) is 5.91 Å². The van der Waals surface area contributed by atoms with E-state index in [0.717, 1.165) is 25.8 Å². The number of carbonyl (C=O) groups is 1. The monoisotopic (exact) mass is 510 g/mol. The van der Waals surface area contributed by atoms with E-state index in [1.54, 1.807) is 7.11 Å². The van der Waals surface area contributed by atoms with Crippen molar-refractivity contribution in [2.24, 2.45) is 5.10 Å². The highest BCUT2D eigenvalue weighted by atomic mass is 79.9. The summed E-state index contributed by atoms with van der Waals surface area (Å²) in [5, 5.41) is 13.5. The topological polar surface area (TPSA) is 66.0 Å². The molecule has 2 N–H and O–H groups in total. The standard InChI is InChI=1S/C18H16Br2N4O2S/c1-26-15-11(7-9(19)8-12(15)20)16-21-13-6-4-3-5-10(13)14-17(25)22-18(27-2)23-24(14)16/h3-8,14,16,21H,1-2H3,(H,22,23,25). The van der Waals surface area contributed by atoms with Gasteiger partial charge in [-0.25, -0.2) is 0 Å². The number of anilines is 1. The predicted octanol–water partition coefficient (Wildman–Crippen LogP) is 4.45. The average Bonchev–Trinajstić information content (AvgIpc) is 2.66. The lowest BCUT2D eigenvalue weighted by molar-refractivity contribution is -0.127. The molecule has 0 aliphatic carbocycles. The maximum absolute atomic E-state index is 12.9. The number of carbonyl (C=O) groups excluding carboxylic acids is 1. The van der Waals surface area contributed by atoms with Crippen LogP contribution in [0.4, 0.5) is 5.69 Å². The fourth-order valence-corrected chi connectivity index (χ4v) is 5.16. The van der Waals surface area contributed by atoms with Crippen LogP contribution in [0.1, 0.15) is 23.3 Å². The first-order valence-corrected chi connectivity index (χ1v) is 10.9. The zero-order valence-corrected chi connectivity index (χ0v) is 18.5. The van der Waals surface area contributed by atoms with Gasteiger partial charge in [-0.3, -0.25) is 9.80 Å². The minimum Gasteiger partial charge on any atom is -0.495 e. The molecule has 2 atom stereocenters. The molecule has 2 aromatic carbocycles. The third kappa shape index (κ3) is 3.21. The number of rotatable bonds is 2. The molecular formula is C18H16Br2N4O2S. The van der Waals surface area contributed by atoms with E-state index < -0.39 is 6.04 Å². The fraction of sp³-hybridized carbons (Fsp3) is 0.222. The first-order valence-electron chi connectivity index (χ1n) is 8.13. The number of ether oxygens (including phenoxy) is 1. The summed E-state index contributed by atoms with van der Waals surface area (Å²) in [7, 11) is 1.63. The van der Waals surface area contributed by atoms with Crippen molar-refractivity contribution in [1.29, 1.82) is 0 Å². The van der Waals surface area contributed by atoms with Gasteiger partial charge in [-0.1, -0.05) is 45.9 Å². The molecular weight excluding hydrogens is 496 g/mol. The predicted molar refractivity (Wildman–Crippen MR) is 115 cm³/mol. The molecule has 0 aromatic heterocycles. The second kappa shape index (κ2) is 7.37. The van der Waals surface area contributed by atoms with Crippen molar-refractivity contribution in [3.8, 4) is 5.75 Å². The zero-order chi connectivity index (χ0) is 19.1. The maximum atomic E-state index is 12.9. The van der Waals surface area contributed by atoms with Crippen LogP contribution in [-0.2, 0) is 4.79 Å². The molecule has 0 fully saturated rings. The molecule has 1 amide bonds. The van der Waals surface area contributed by atoms with Crippen molar-refractivity contribution in [1.82, 2.24) is 10.3 Å². The molecule has 2 aliphatic rings. The van der Waals surface area contributed by atoms with Gasteiger partial charge in [0.1, 0.15) is 11.9 Å². The molecule has 2 aromatic rings. The Balaban J connectivity index is 1.92. The number of nitrogens with zero attached hydrogens (tertiary/aromatic N) is 2. The fourth-order valence-electron chi connectivity index (χ4n) is 3.36. The van der Waals surface area contributed by atoms with Gasteiger partial charge in [0.15, 0.2) is 11.2 Å². The molecule has 9 heteroatoms. The van der Waals surface area contributed by atoms with Gasteiger partial charge >= 0.3 is 0 Å². The highest BCUT2D eigenvalue weighted by Crippen LogP contribution is 2.46. The Morgan fingerprint density at radius 1 is 1.22 bits per heavy atom. The van der Waals surface area contributed by atoms with Crippen molar-refractivity contribution in [2.45, 2.75) is 12.2 Å². The number of halogens is 2. The number of benzene rings is 2. The smallest absolute Gasteiger partial charge is 0.255 e. The minimum absolute atomic E-state index is 0.0960. The summed E-state index contributed by atoms with van der Waals surface area (Å²) >= 11 is 8.51. The Morgan fingerprint density at radius 3 is 2.74 bits per heavy atom. The molecule has 0 radical (unpaired) electrons. The Morgan fingerprint density at radius 2 is 2.00 bits per heavy atom. The van der Waals surface area contributed by atoms with E-state index in [0.29, 0.717) is 10.9 Å². The second-order valence-electron chi connectivity index (χ2n) is 6.03. The van der Waals surface area contributed by atoms with E-state index in [4.69, 9.17) is 9.84 Å². The number of para-hydroxylation sites is 1. The van der Waals surface area contributed by atoms with E-state index in [-0.39, 0.29) is 12.1 Å². The molecule has 2 heterocycles. The van der Waals surface area contributed by atoms with Crippen molar-refractivity contribution in [3.63, 3.8) is 0 Å². The van der Waals surface area contributed by atoms with Crippen molar-refractivity contribution in [3.05, 3.63) is 56.5 Å². The number of hydrogen-bond acceptors (Lipinski definition) is 6. The molecule has 0 bridgehead atoms. The number of nitrogens with one attached hydrogen (secondary N) is 2. The van der Waals surface area contributed by atoms with Crippen LogP contribution in [0, 0.1) is 0 Å². The normalized spacial score (nSPS) is 20.8. The summed E-state index contributed by atoms with van der Waals surface area (Å²) in [6, 6.07) is 11.2. The second-order valence-corrected chi connectivity index (χ2v) is 8.59. The van der Waals surface area contributed by atoms with Gasteiger partial charge < -0.3 is 15.4 Å². The van der Waals surface area contributed by atoms with Crippen LogP contribution in [0.3, 0.4) is 0 Å². The summed E-state index contributed by atoms with van der Waals surface area (Å²) in [6.07, 6.45) is 1.51. The number of amides is 1. The van der Waals surface area contributed by atoms with Crippen LogP contribution >= 0.6 is 43.6 Å². The molecule has 2 aliphatic heterocycles. The molecule has 0 saturated heterocycles. The summed E-state index contributed by atoms with van der Waals surface area (Å²) in [5.41, 5.74) is 2.67. The largest absolute Gasteiger partial charge is 0.495 e. The summed E-state index contributed by atoms with van der Waals surface area (Å²) in [4.78, 5) is 12.9. The van der Waals surface area contributed by atoms with E-state index in [2.05, 4.69) is 42.5 Å². The van der Waals surface area contributed by atoms with Gasteiger partial charge in [0.2, 0.25) is 0 Å². The van der Waals surface area contributed by atoms with E-state index in [1.165, 1.54) is 11.8 Å². The SMILES string of the molecule is COc1c(Br)cc(Br)cc1C1Nc2ccccc2C2C(=O)NC(SC)=NN12.